The molecule has 1 amide bonds. The van der Waals surface area contributed by atoms with Crippen LogP contribution in [0, 0.1) is 0 Å². The molecule has 1 aromatic heterocycles. The summed E-state index contributed by atoms with van der Waals surface area (Å²) in [6.07, 6.45) is 1.81. The first-order valence-corrected chi connectivity index (χ1v) is 9.03. The van der Waals surface area contributed by atoms with Crippen LogP contribution < -0.4 is 0 Å². The van der Waals surface area contributed by atoms with E-state index >= 15 is 0 Å². The molecule has 132 valence electrons. The molecule has 1 fully saturated rings. The van der Waals surface area contributed by atoms with Crippen molar-refractivity contribution >= 4 is 17.5 Å². The van der Waals surface area contributed by atoms with Gasteiger partial charge in [0.05, 0.1) is 16.5 Å². The number of nitrogens with zero attached hydrogens (tertiary/aromatic N) is 3. The van der Waals surface area contributed by atoms with Crippen LogP contribution in [0.4, 0.5) is 0 Å². The molecule has 0 bridgehead atoms. The maximum atomic E-state index is 12.8. The number of rotatable bonds is 3. The van der Waals surface area contributed by atoms with Crippen LogP contribution in [-0.4, -0.2) is 34.0 Å². The molecule has 1 aliphatic rings. The molecule has 4 rings (SSSR count). The minimum absolute atomic E-state index is 0.0418. The second kappa shape index (κ2) is 7.30. The molecule has 2 heterocycles. The smallest absolute Gasteiger partial charge is 0.255 e. The van der Waals surface area contributed by atoms with Crippen molar-refractivity contribution in [1.29, 1.82) is 0 Å². The topological polar surface area (TPSA) is 59.2 Å². The average molecular weight is 368 g/mol. The van der Waals surface area contributed by atoms with Gasteiger partial charge in [-0.05, 0) is 25.0 Å². The Morgan fingerprint density at radius 1 is 1.12 bits per heavy atom. The van der Waals surface area contributed by atoms with Crippen LogP contribution in [-0.2, 0) is 0 Å². The average Bonchev–Trinajstić information content (AvgIpc) is 3.19. The lowest BCUT2D eigenvalue weighted by molar-refractivity contribution is 0.0696. The second-order valence-corrected chi connectivity index (χ2v) is 6.80. The van der Waals surface area contributed by atoms with E-state index in [1.165, 1.54) is 0 Å². The molecule has 0 aliphatic carbocycles. The lowest BCUT2D eigenvalue weighted by atomic mass is 9.97. The first-order valence-electron chi connectivity index (χ1n) is 8.65. The van der Waals surface area contributed by atoms with E-state index in [0.717, 1.165) is 18.4 Å². The zero-order valence-corrected chi connectivity index (χ0v) is 14.9. The second-order valence-electron chi connectivity index (χ2n) is 6.39. The van der Waals surface area contributed by atoms with Crippen molar-refractivity contribution in [2.24, 2.45) is 0 Å². The van der Waals surface area contributed by atoms with Gasteiger partial charge >= 0.3 is 0 Å². The van der Waals surface area contributed by atoms with Crippen molar-refractivity contribution in [3.63, 3.8) is 0 Å². The van der Waals surface area contributed by atoms with Gasteiger partial charge in [0.15, 0.2) is 0 Å². The van der Waals surface area contributed by atoms with Crippen molar-refractivity contribution in [3.05, 3.63) is 71.1 Å². The van der Waals surface area contributed by atoms with Gasteiger partial charge in [-0.3, -0.25) is 4.79 Å². The largest absolute Gasteiger partial charge is 0.339 e. The van der Waals surface area contributed by atoms with Gasteiger partial charge in [0.1, 0.15) is 0 Å². The Bertz CT molecular complexity index is 910. The molecule has 2 aromatic carbocycles. The van der Waals surface area contributed by atoms with Crippen molar-refractivity contribution in [3.8, 4) is 11.4 Å². The Labute approximate surface area is 156 Å². The molecular formula is C20H18ClN3O2. The molecule has 0 spiro atoms. The summed E-state index contributed by atoms with van der Waals surface area (Å²) in [4.78, 5) is 19.2. The third kappa shape index (κ3) is 3.35. The molecule has 1 aliphatic heterocycles. The van der Waals surface area contributed by atoms with Crippen LogP contribution >= 0.6 is 11.6 Å². The van der Waals surface area contributed by atoms with E-state index < -0.39 is 0 Å². The molecule has 1 saturated heterocycles. The molecule has 0 saturated carbocycles. The molecule has 0 N–H and O–H groups in total. The standard InChI is InChI=1S/C20H18ClN3O2/c21-17-11-5-4-10-16(17)20(25)24-12-6-9-15(13-24)19-22-18(23-26-19)14-7-2-1-3-8-14/h1-5,7-8,10-11,15H,6,9,12-13H2/t15-/m0/s1. The summed E-state index contributed by atoms with van der Waals surface area (Å²) in [5, 5.41) is 4.57. The van der Waals surface area contributed by atoms with Gasteiger partial charge in [0.25, 0.3) is 5.91 Å². The fourth-order valence-electron chi connectivity index (χ4n) is 3.27. The summed E-state index contributed by atoms with van der Waals surface area (Å²) >= 11 is 6.17. The summed E-state index contributed by atoms with van der Waals surface area (Å²) in [6, 6.07) is 16.9. The lowest BCUT2D eigenvalue weighted by Gasteiger charge is -2.31. The first-order chi connectivity index (χ1) is 12.7. The number of halogens is 1. The van der Waals surface area contributed by atoms with E-state index in [2.05, 4.69) is 10.1 Å². The fourth-order valence-corrected chi connectivity index (χ4v) is 3.49. The van der Waals surface area contributed by atoms with E-state index in [4.69, 9.17) is 16.1 Å². The van der Waals surface area contributed by atoms with Gasteiger partial charge in [-0.1, -0.05) is 59.2 Å². The molecule has 3 aromatic rings. The van der Waals surface area contributed by atoms with Gasteiger partial charge in [-0.2, -0.15) is 4.98 Å². The van der Waals surface area contributed by atoms with Crippen molar-refractivity contribution in [2.75, 3.05) is 13.1 Å². The monoisotopic (exact) mass is 367 g/mol. The Morgan fingerprint density at radius 2 is 1.88 bits per heavy atom. The van der Waals surface area contributed by atoms with Crippen LogP contribution in [0.3, 0.4) is 0 Å². The normalized spacial score (nSPS) is 17.3. The molecule has 1 atom stereocenters. The summed E-state index contributed by atoms with van der Waals surface area (Å²) in [7, 11) is 0. The predicted octanol–water partition coefficient (Wildman–Crippen LogP) is 4.41. The minimum atomic E-state index is -0.0527. The maximum absolute atomic E-state index is 12.8. The van der Waals surface area contributed by atoms with Crippen molar-refractivity contribution in [1.82, 2.24) is 15.0 Å². The van der Waals surface area contributed by atoms with Crippen LogP contribution in [0.5, 0.6) is 0 Å². The van der Waals surface area contributed by atoms with Gasteiger partial charge in [-0.15, -0.1) is 0 Å². The zero-order chi connectivity index (χ0) is 17.9. The number of likely N-dealkylation sites (tertiary alicyclic amines) is 1. The van der Waals surface area contributed by atoms with E-state index in [1.807, 2.05) is 47.4 Å². The van der Waals surface area contributed by atoms with E-state index in [1.54, 1.807) is 12.1 Å². The summed E-state index contributed by atoms with van der Waals surface area (Å²) in [5.74, 6) is 1.15. The van der Waals surface area contributed by atoms with Crippen LogP contribution in [0.15, 0.2) is 59.1 Å². The molecule has 6 heteroatoms. The number of carbonyl (C=O) groups excluding carboxylic acids is 1. The van der Waals surface area contributed by atoms with E-state index in [0.29, 0.717) is 35.4 Å². The zero-order valence-electron chi connectivity index (χ0n) is 14.1. The van der Waals surface area contributed by atoms with Crippen molar-refractivity contribution < 1.29 is 9.32 Å². The van der Waals surface area contributed by atoms with E-state index in [-0.39, 0.29) is 11.8 Å². The lowest BCUT2D eigenvalue weighted by Crippen LogP contribution is -2.39. The molecule has 0 unspecified atom stereocenters. The minimum Gasteiger partial charge on any atom is -0.339 e. The highest BCUT2D eigenvalue weighted by atomic mass is 35.5. The third-order valence-electron chi connectivity index (χ3n) is 4.64. The Hall–Kier alpha value is -2.66. The highest BCUT2D eigenvalue weighted by Gasteiger charge is 2.29. The Morgan fingerprint density at radius 3 is 2.69 bits per heavy atom. The predicted molar refractivity (Wildman–Crippen MR) is 99.1 cm³/mol. The van der Waals surface area contributed by atoms with Crippen molar-refractivity contribution in [2.45, 2.75) is 18.8 Å². The highest BCUT2D eigenvalue weighted by Crippen LogP contribution is 2.29. The Balaban J connectivity index is 1.52. The molecular weight excluding hydrogens is 350 g/mol. The maximum Gasteiger partial charge on any atom is 0.255 e. The third-order valence-corrected chi connectivity index (χ3v) is 4.97. The number of piperidine rings is 1. The van der Waals surface area contributed by atoms with Gasteiger partial charge in [0, 0.05) is 18.7 Å². The molecule has 26 heavy (non-hydrogen) atoms. The number of hydrogen-bond acceptors (Lipinski definition) is 4. The van der Waals surface area contributed by atoms with E-state index in [9.17, 15) is 4.79 Å². The summed E-state index contributed by atoms with van der Waals surface area (Å²) < 4.78 is 5.49. The van der Waals surface area contributed by atoms with Crippen LogP contribution in [0.2, 0.25) is 5.02 Å². The number of benzene rings is 2. The number of amides is 1. The Kier molecular flexibility index (Phi) is 4.71. The van der Waals surface area contributed by atoms with Gasteiger partial charge in [0.2, 0.25) is 11.7 Å². The number of carbonyl (C=O) groups is 1. The highest BCUT2D eigenvalue weighted by molar-refractivity contribution is 6.33. The van der Waals surface area contributed by atoms with Gasteiger partial charge in [-0.25, -0.2) is 0 Å². The van der Waals surface area contributed by atoms with Gasteiger partial charge < -0.3 is 9.42 Å². The fraction of sp³-hybridized carbons (Fsp3) is 0.250. The summed E-state index contributed by atoms with van der Waals surface area (Å²) in [6.45, 7) is 1.26. The summed E-state index contributed by atoms with van der Waals surface area (Å²) in [5.41, 5.74) is 1.45. The van der Waals surface area contributed by atoms with Crippen LogP contribution in [0.25, 0.3) is 11.4 Å². The van der Waals surface area contributed by atoms with Crippen LogP contribution in [0.1, 0.15) is 35.0 Å². The SMILES string of the molecule is O=C(c1ccccc1Cl)N1CCC[C@H](c2nc(-c3ccccc3)no2)C1. The molecule has 0 radical (unpaired) electrons. The number of aromatic nitrogens is 2. The number of hydrogen-bond donors (Lipinski definition) is 0. The quantitative estimate of drug-likeness (QED) is 0.688. The first kappa shape index (κ1) is 16.8. The molecule has 5 nitrogen and oxygen atoms in total.